The van der Waals surface area contributed by atoms with Gasteiger partial charge in [-0.05, 0) is 65.9 Å². The number of para-hydroxylation sites is 1. The number of piperazine rings is 1. The predicted octanol–water partition coefficient (Wildman–Crippen LogP) is 4.08. The molecule has 0 bridgehead atoms. The Balaban J connectivity index is 1.25. The molecule has 0 unspecified atom stereocenters. The van der Waals surface area contributed by atoms with Crippen LogP contribution in [0.15, 0.2) is 76.1 Å². The predicted molar refractivity (Wildman–Crippen MR) is 157 cm³/mol. The van der Waals surface area contributed by atoms with Crippen LogP contribution in [0, 0.1) is 0 Å². The van der Waals surface area contributed by atoms with Crippen molar-refractivity contribution in [2.75, 3.05) is 37.7 Å². The van der Waals surface area contributed by atoms with Gasteiger partial charge in [0.05, 0.1) is 23.1 Å². The minimum Gasteiger partial charge on any atom is -0.494 e. The van der Waals surface area contributed by atoms with E-state index in [1.165, 1.54) is 4.70 Å². The molecule has 1 aliphatic heterocycles. The molecule has 4 aromatic heterocycles. The zero-order chi connectivity index (χ0) is 27.8. The molecule has 0 spiro atoms. The van der Waals surface area contributed by atoms with Crippen molar-refractivity contribution in [3.63, 3.8) is 0 Å². The van der Waals surface area contributed by atoms with Crippen LogP contribution in [-0.2, 0) is 6.54 Å². The number of pyridine rings is 1. The molecule has 41 heavy (non-hydrogen) atoms. The molecule has 0 amide bonds. The standard InChI is InChI=1S/C29H28N8O3S/c1-2-39-20-9-10-23-19(16-20)17-22(28(38)30-23)26(27-32-33-34-37(27)18-21-6-5-15-40-21)35-11-13-36(14-12-35)29-31-24-7-3-4-8-25(24)41-29/h3-10,15-17,26H,2,11-14,18H2,1H3,(H,30,38)/t26-/m0/s1. The Morgan fingerprint density at radius 1 is 1.07 bits per heavy atom. The quantitative estimate of drug-likeness (QED) is 0.290. The number of hydrogen-bond acceptors (Lipinski definition) is 10. The summed E-state index contributed by atoms with van der Waals surface area (Å²) in [5.74, 6) is 2.06. The molecule has 6 aromatic rings. The van der Waals surface area contributed by atoms with E-state index in [1.54, 1.807) is 22.3 Å². The van der Waals surface area contributed by atoms with E-state index in [0.717, 1.165) is 46.2 Å². The maximum absolute atomic E-state index is 13.6. The van der Waals surface area contributed by atoms with Crippen molar-refractivity contribution in [1.82, 2.24) is 35.1 Å². The van der Waals surface area contributed by atoms with E-state index in [2.05, 4.69) is 36.4 Å². The number of nitrogens with one attached hydrogen (secondary N) is 1. The second-order valence-electron chi connectivity index (χ2n) is 9.90. The van der Waals surface area contributed by atoms with Gasteiger partial charge in [0.2, 0.25) is 0 Å². The average molecular weight is 569 g/mol. The molecule has 2 aromatic carbocycles. The van der Waals surface area contributed by atoms with Gasteiger partial charge in [0.1, 0.15) is 24.1 Å². The number of tetrazole rings is 1. The molecule has 11 nitrogen and oxygen atoms in total. The number of benzene rings is 2. The highest BCUT2D eigenvalue weighted by Gasteiger charge is 2.33. The highest BCUT2D eigenvalue weighted by molar-refractivity contribution is 7.22. The molecule has 0 saturated carbocycles. The normalized spacial score (nSPS) is 15.1. The minimum absolute atomic E-state index is 0.173. The number of thiazole rings is 1. The summed E-state index contributed by atoms with van der Waals surface area (Å²) in [5, 5.41) is 14.6. The summed E-state index contributed by atoms with van der Waals surface area (Å²) in [6.07, 6.45) is 1.63. The van der Waals surface area contributed by atoms with Gasteiger partial charge in [0, 0.05) is 42.6 Å². The number of nitrogens with zero attached hydrogens (tertiary/aromatic N) is 7. The van der Waals surface area contributed by atoms with Gasteiger partial charge in [0.15, 0.2) is 11.0 Å². The Bertz CT molecular complexity index is 1820. The van der Waals surface area contributed by atoms with E-state index in [0.29, 0.717) is 37.6 Å². The van der Waals surface area contributed by atoms with Gasteiger partial charge in [0.25, 0.3) is 5.56 Å². The molecule has 5 heterocycles. The number of anilines is 1. The van der Waals surface area contributed by atoms with E-state index in [-0.39, 0.29) is 5.56 Å². The van der Waals surface area contributed by atoms with Crippen molar-refractivity contribution >= 4 is 37.6 Å². The maximum Gasteiger partial charge on any atom is 0.253 e. The molecule has 1 saturated heterocycles. The first-order valence-corrected chi connectivity index (χ1v) is 14.4. The summed E-state index contributed by atoms with van der Waals surface area (Å²) >= 11 is 1.70. The fourth-order valence-corrected chi connectivity index (χ4v) is 6.41. The van der Waals surface area contributed by atoms with Crippen molar-refractivity contribution in [3.8, 4) is 5.75 Å². The van der Waals surface area contributed by atoms with Crippen LogP contribution in [-0.4, -0.2) is 67.9 Å². The Morgan fingerprint density at radius 3 is 2.76 bits per heavy atom. The molecular weight excluding hydrogens is 540 g/mol. The van der Waals surface area contributed by atoms with Crippen LogP contribution in [0.2, 0.25) is 0 Å². The second kappa shape index (κ2) is 10.8. The number of hydrogen-bond donors (Lipinski definition) is 1. The fraction of sp³-hybridized carbons (Fsp3) is 0.276. The molecule has 1 fully saturated rings. The van der Waals surface area contributed by atoms with Crippen LogP contribution in [0.4, 0.5) is 5.13 Å². The lowest BCUT2D eigenvalue weighted by atomic mass is 10.0. The molecule has 208 valence electrons. The second-order valence-corrected chi connectivity index (χ2v) is 10.9. The van der Waals surface area contributed by atoms with Crippen LogP contribution in [0.25, 0.3) is 21.1 Å². The molecular formula is C29H28N8O3S. The van der Waals surface area contributed by atoms with Gasteiger partial charge in [-0.3, -0.25) is 9.69 Å². The summed E-state index contributed by atoms with van der Waals surface area (Å²) < 4.78 is 14.2. The Hall–Kier alpha value is -4.55. The summed E-state index contributed by atoms with van der Waals surface area (Å²) in [4.78, 5) is 26.1. The maximum atomic E-state index is 13.6. The third kappa shape index (κ3) is 4.96. The summed E-state index contributed by atoms with van der Waals surface area (Å²) in [7, 11) is 0. The summed E-state index contributed by atoms with van der Waals surface area (Å²) in [5.41, 5.74) is 2.17. The zero-order valence-corrected chi connectivity index (χ0v) is 23.3. The highest BCUT2D eigenvalue weighted by atomic mass is 32.1. The summed E-state index contributed by atoms with van der Waals surface area (Å²) in [6, 6.07) is 19.1. The van der Waals surface area contributed by atoms with Gasteiger partial charge < -0.3 is 19.0 Å². The summed E-state index contributed by atoms with van der Waals surface area (Å²) in [6.45, 7) is 5.79. The van der Waals surface area contributed by atoms with Crippen molar-refractivity contribution in [2.24, 2.45) is 0 Å². The number of aromatic nitrogens is 6. The van der Waals surface area contributed by atoms with Gasteiger partial charge >= 0.3 is 0 Å². The van der Waals surface area contributed by atoms with Crippen LogP contribution >= 0.6 is 11.3 Å². The largest absolute Gasteiger partial charge is 0.494 e. The first-order valence-electron chi connectivity index (χ1n) is 13.6. The van der Waals surface area contributed by atoms with Crippen molar-refractivity contribution in [3.05, 3.63) is 94.4 Å². The Labute approximate surface area is 239 Å². The van der Waals surface area contributed by atoms with Gasteiger partial charge in [-0.15, -0.1) is 5.10 Å². The molecule has 12 heteroatoms. The van der Waals surface area contributed by atoms with E-state index in [1.807, 2.05) is 61.5 Å². The number of rotatable bonds is 8. The Kier molecular flexibility index (Phi) is 6.69. The minimum atomic E-state index is -0.471. The smallest absolute Gasteiger partial charge is 0.253 e. The molecule has 1 aliphatic rings. The van der Waals surface area contributed by atoms with Crippen LogP contribution < -0.4 is 15.2 Å². The molecule has 7 rings (SSSR count). The van der Waals surface area contributed by atoms with Gasteiger partial charge in [-0.25, -0.2) is 9.67 Å². The fourth-order valence-electron chi connectivity index (χ4n) is 5.40. The van der Waals surface area contributed by atoms with E-state index >= 15 is 0 Å². The molecule has 1 N–H and O–H groups in total. The van der Waals surface area contributed by atoms with Crippen LogP contribution in [0.3, 0.4) is 0 Å². The van der Waals surface area contributed by atoms with Gasteiger partial charge in [-0.1, -0.05) is 23.5 Å². The number of ether oxygens (including phenoxy) is 1. The van der Waals surface area contributed by atoms with E-state index in [9.17, 15) is 4.79 Å². The molecule has 1 atom stereocenters. The third-order valence-corrected chi connectivity index (χ3v) is 8.47. The highest BCUT2D eigenvalue weighted by Crippen LogP contribution is 2.32. The lowest BCUT2D eigenvalue weighted by Gasteiger charge is -2.38. The molecule has 0 radical (unpaired) electrons. The van der Waals surface area contributed by atoms with Crippen LogP contribution in [0.5, 0.6) is 5.75 Å². The monoisotopic (exact) mass is 568 g/mol. The zero-order valence-electron chi connectivity index (χ0n) is 22.4. The lowest BCUT2D eigenvalue weighted by molar-refractivity contribution is 0.200. The SMILES string of the molecule is CCOc1ccc2[nH]c(=O)c([C@@H](c3nnnn3Cc3ccco3)N3CCN(c4nc5ccccc5s4)CC3)cc2c1. The molecule has 0 aliphatic carbocycles. The van der Waals surface area contributed by atoms with E-state index < -0.39 is 6.04 Å². The third-order valence-electron chi connectivity index (χ3n) is 7.37. The van der Waals surface area contributed by atoms with Gasteiger partial charge in [-0.2, -0.15) is 0 Å². The first-order chi connectivity index (χ1) is 20.2. The van der Waals surface area contributed by atoms with Crippen LogP contribution in [0.1, 0.15) is 30.1 Å². The van der Waals surface area contributed by atoms with Crippen molar-refractivity contribution in [2.45, 2.75) is 19.5 Å². The Morgan fingerprint density at radius 2 is 1.95 bits per heavy atom. The lowest BCUT2D eigenvalue weighted by Crippen LogP contribution is -2.49. The first kappa shape index (κ1) is 25.4. The number of fused-ring (bicyclic) bond motifs is 2. The topological polar surface area (TPSA) is 118 Å². The number of aromatic amines is 1. The number of H-pyrrole nitrogens is 1. The van der Waals surface area contributed by atoms with Crippen molar-refractivity contribution < 1.29 is 9.15 Å². The van der Waals surface area contributed by atoms with E-state index in [4.69, 9.17) is 14.1 Å². The average Bonchev–Trinajstić information content (AvgIpc) is 3.76. The van der Waals surface area contributed by atoms with Crippen molar-refractivity contribution in [1.29, 1.82) is 0 Å². The number of furan rings is 1.